The molecule has 0 radical (unpaired) electrons. The zero-order valence-electron chi connectivity index (χ0n) is 16.8. The molecule has 1 fully saturated rings. The van der Waals surface area contributed by atoms with E-state index in [4.69, 9.17) is 15.0 Å². The number of rotatable bonds is 4. The molecule has 1 aromatic carbocycles. The summed E-state index contributed by atoms with van der Waals surface area (Å²) >= 11 is 0. The Labute approximate surface area is 170 Å². The minimum absolute atomic E-state index is 0.220. The molecule has 4 heterocycles. The Morgan fingerprint density at radius 1 is 1.03 bits per heavy atom. The molecule has 1 saturated heterocycles. The summed E-state index contributed by atoms with van der Waals surface area (Å²) in [7, 11) is 2.11. The molecule has 1 atom stereocenters. The van der Waals surface area contributed by atoms with E-state index in [1.54, 1.807) is 12.4 Å². The van der Waals surface area contributed by atoms with Gasteiger partial charge in [0.1, 0.15) is 11.6 Å². The number of benzene rings is 1. The summed E-state index contributed by atoms with van der Waals surface area (Å²) in [6.45, 7) is 3.11. The van der Waals surface area contributed by atoms with Gasteiger partial charge in [-0.3, -0.25) is 4.98 Å². The van der Waals surface area contributed by atoms with Crippen LogP contribution < -0.4 is 4.90 Å². The maximum Gasteiger partial charge on any atom is 0.161 e. The maximum absolute atomic E-state index is 4.96. The van der Waals surface area contributed by atoms with Crippen molar-refractivity contribution in [3.63, 3.8) is 0 Å². The van der Waals surface area contributed by atoms with E-state index in [2.05, 4.69) is 52.7 Å². The number of hydrogen-bond donors (Lipinski definition) is 0. The van der Waals surface area contributed by atoms with E-state index in [1.165, 1.54) is 5.52 Å². The van der Waals surface area contributed by atoms with Crippen molar-refractivity contribution in [2.45, 2.75) is 32.2 Å². The normalized spacial score (nSPS) is 16.6. The maximum atomic E-state index is 4.96. The SMILES string of the molecule is CCc1cc(N2CCC[C@H]2c2nc3ccccc3n2C)nc(-c2ccncc2)n1. The number of imidazole rings is 1. The van der Waals surface area contributed by atoms with Crippen LogP contribution in [0.1, 0.15) is 37.3 Å². The molecule has 146 valence electrons. The first-order valence-electron chi connectivity index (χ1n) is 10.2. The summed E-state index contributed by atoms with van der Waals surface area (Å²) in [6, 6.07) is 14.6. The van der Waals surface area contributed by atoms with E-state index in [-0.39, 0.29) is 6.04 Å². The summed E-state index contributed by atoms with van der Waals surface area (Å²) < 4.78 is 2.23. The number of fused-ring (bicyclic) bond motifs is 1. The molecule has 0 amide bonds. The van der Waals surface area contributed by atoms with Crippen molar-refractivity contribution in [3.8, 4) is 11.4 Å². The highest BCUT2D eigenvalue weighted by Crippen LogP contribution is 2.36. The van der Waals surface area contributed by atoms with Gasteiger partial charge < -0.3 is 9.47 Å². The highest BCUT2D eigenvalue weighted by Gasteiger charge is 2.31. The quantitative estimate of drug-likeness (QED) is 0.524. The molecule has 5 rings (SSSR count). The fraction of sp³-hybridized carbons (Fsp3) is 0.304. The van der Waals surface area contributed by atoms with Crippen molar-refractivity contribution in [2.24, 2.45) is 7.05 Å². The zero-order valence-corrected chi connectivity index (χ0v) is 16.8. The van der Waals surface area contributed by atoms with Crippen LogP contribution in [0.5, 0.6) is 0 Å². The largest absolute Gasteiger partial charge is 0.346 e. The molecular formula is C23H24N6. The van der Waals surface area contributed by atoms with Crippen LogP contribution in [0.2, 0.25) is 0 Å². The summed E-state index contributed by atoms with van der Waals surface area (Å²) in [4.78, 5) is 21.2. The van der Waals surface area contributed by atoms with Gasteiger partial charge in [-0.15, -0.1) is 0 Å². The van der Waals surface area contributed by atoms with Crippen LogP contribution in [0, 0.1) is 0 Å². The number of hydrogen-bond acceptors (Lipinski definition) is 5. The first-order valence-corrected chi connectivity index (χ1v) is 10.2. The molecule has 3 aromatic heterocycles. The second kappa shape index (κ2) is 7.28. The second-order valence-corrected chi connectivity index (χ2v) is 7.50. The third kappa shape index (κ3) is 3.14. The van der Waals surface area contributed by atoms with Crippen molar-refractivity contribution < 1.29 is 0 Å². The Bertz CT molecular complexity index is 1150. The molecule has 0 spiro atoms. The van der Waals surface area contributed by atoms with Crippen LogP contribution in [0.4, 0.5) is 5.82 Å². The van der Waals surface area contributed by atoms with Crippen molar-refractivity contribution in [2.75, 3.05) is 11.4 Å². The molecule has 6 heteroatoms. The predicted octanol–water partition coefficient (Wildman–Crippen LogP) is 4.33. The van der Waals surface area contributed by atoms with Crippen molar-refractivity contribution in [3.05, 3.63) is 66.4 Å². The molecule has 0 aliphatic carbocycles. The fourth-order valence-electron chi connectivity index (χ4n) is 4.21. The first kappa shape index (κ1) is 17.8. The average Bonchev–Trinajstić information content (AvgIpc) is 3.39. The molecule has 0 unspecified atom stereocenters. The van der Waals surface area contributed by atoms with Gasteiger partial charge in [0.05, 0.1) is 17.1 Å². The van der Waals surface area contributed by atoms with Crippen molar-refractivity contribution >= 4 is 16.9 Å². The number of nitrogens with zero attached hydrogens (tertiary/aromatic N) is 6. The van der Waals surface area contributed by atoms with Gasteiger partial charge in [0.15, 0.2) is 5.82 Å². The molecule has 0 N–H and O–H groups in total. The molecule has 29 heavy (non-hydrogen) atoms. The average molecular weight is 384 g/mol. The van der Waals surface area contributed by atoms with Gasteiger partial charge in [-0.1, -0.05) is 19.1 Å². The minimum atomic E-state index is 0.220. The van der Waals surface area contributed by atoms with Gasteiger partial charge in [0, 0.05) is 43.3 Å². The van der Waals surface area contributed by atoms with Crippen LogP contribution in [-0.2, 0) is 13.5 Å². The van der Waals surface area contributed by atoms with E-state index in [1.807, 2.05) is 18.2 Å². The van der Waals surface area contributed by atoms with Crippen LogP contribution in [0.15, 0.2) is 54.9 Å². The second-order valence-electron chi connectivity index (χ2n) is 7.50. The molecule has 6 nitrogen and oxygen atoms in total. The number of aromatic nitrogens is 5. The number of anilines is 1. The van der Waals surface area contributed by atoms with E-state index in [0.717, 1.165) is 60.0 Å². The lowest BCUT2D eigenvalue weighted by atomic mass is 10.2. The lowest BCUT2D eigenvalue weighted by Gasteiger charge is -2.26. The summed E-state index contributed by atoms with van der Waals surface area (Å²) in [5.41, 5.74) is 4.27. The molecule has 0 saturated carbocycles. The van der Waals surface area contributed by atoms with Crippen LogP contribution >= 0.6 is 0 Å². The predicted molar refractivity (Wildman–Crippen MR) is 115 cm³/mol. The molecule has 0 bridgehead atoms. The number of aryl methyl sites for hydroxylation is 2. The lowest BCUT2D eigenvalue weighted by molar-refractivity contribution is 0.633. The zero-order chi connectivity index (χ0) is 19.8. The topological polar surface area (TPSA) is 59.7 Å². The summed E-state index contributed by atoms with van der Waals surface area (Å²) in [5.74, 6) is 2.85. The number of para-hydroxylation sites is 2. The summed E-state index contributed by atoms with van der Waals surface area (Å²) in [5, 5.41) is 0. The molecule has 1 aliphatic rings. The fourth-order valence-corrected chi connectivity index (χ4v) is 4.21. The van der Waals surface area contributed by atoms with E-state index in [9.17, 15) is 0 Å². The van der Waals surface area contributed by atoms with Crippen LogP contribution in [0.25, 0.3) is 22.4 Å². The Morgan fingerprint density at radius 3 is 2.66 bits per heavy atom. The van der Waals surface area contributed by atoms with Crippen molar-refractivity contribution in [1.82, 2.24) is 24.5 Å². The van der Waals surface area contributed by atoms with E-state index in [0.29, 0.717) is 0 Å². The Kier molecular flexibility index (Phi) is 4.46. The highest BCUT2D eigenvalue weighted by atomic mass is 15.3. The standard InChI is InChI=1S/C23H24N6/c1-3-17-15-21(27-22(25-17)16-10-12-24-13-11-16)29-14-6-9-20(29)23-26-18-7-4-5-8-19(18)28(23)2/h4-5,7-8,10-13,15,20H,3,6,9,14H2,1-2H3/t20-/m0/s1. The van der Waals surface area contributed by atoms with Crippen LogP contribution in [-0.4, -0.2) is 31.0 Å². The van der Waals surface area contributed by atoms with Gasteiger partial charge in [0.25, 0.3) is 0 Å². The van der Waals surface area contributed by atoms with Gasteiger partial charge in [-0.2, -0.15) is 0 Å². The molecule has 1 aliphatic heterocycles. The van der Waals surface area contributed by atoms with E-state index >= 15 is 0 Å². The number of pyridine rings is 1. The third-order valence-corrected chi connectivity index (χ3v) is 5.73. The Balaban J connectivity index is 1.58. The molecule has 4 aromatic rings. The summed E-state index contributed by atoms with van der Waals surface area (Å²) in [6.07, 6.45) is 6.65. The Morgan fingerprint density at radius 2 is 1.86 bits per heavy atom. The van der Waals surface area contributed by atoms with Gasteiger partial charge in [-0.05, 0) is 43.5 Å². The first-order chi connectivity index (χ1) is 14.2. The third-order valence-electron chi connectivity index (χ3n) is 5.73. The van der Waals surface area contributed by atoms with Crippen molar-refractivity contribution in [1.29, 1.82) is 0 Å². The van der Waals surface area contributed by atoms with E-state index < -0.39 is 0 Å². The van der Waals surface area contributed by atoms with Gasteiger partial charge >= 0.3 is 0 Å². The Hall–Kier alpha value is -3.28. The van der Waals surface area contributed by atoms with Gasteiger partial charge in [0.2, 0.25) is 0 Å². The molecular weight excluding hydrogens is 360 g/mol. The monoisotopic (exact) mass is 384 g/mol. The van der Waals surface area contributed by atoms with Crippen LogP contribution in [0.3, 0.4) is 0 Å². The smallest absolute Gasteiger partial charge is 0.161 e. The lowest BCUT2D eigenvalue weighted by Crippen LogP contribution is -2.26. The highest BCUT2D eigenvalue weighted by molar-refractivity contribution is 5.76. The minimum Gasteiger partial charge on any atom is -0.346 e. The van der Waals surface area contributed by atoms with Gasteiger partial charge in [-0.25, -0.2) is 15.0 Å².